The first-order valence-corrected chi connectivity index (χ1v) is 6.90. The van der Waals surface area contributed by atoms with Gasteiger partial charge in [-0.05, 0) is 42.3 Å². The molecule has 0 aliphatic carbocycles. The molecule has 0 aliphatic heterocycles. The van der Waals surface area contributed by atoms with Gasteiger partial charge in [-0.3, -0.25) is 4.79 Å². The fourth-order valence-corrected chi connectivity index (χ4v) is 2.12. The van der Waals surface area contributed by atoms with Gasteiger partial charge in [0.2, 0.25) is 5.91 Å². The van der Waals surface area contributed by atoms with Crippen molar-refractivity contribution in [2.24, 2.45) is 0 Å². The summed E-state index contributed by atoms with van der Waals surface area (Å²) in [6.07, 6.45) is 0. The summed E-state index contributed by atoms with van der Waals surface area (Å²) in [4.78, 5) is 11.1. The zero-order chi connectivity index (χ0) is 15.2. The van der Waals surface area contributed by atoms with Crippen molar-refractivity contribution in [1.82, 2.24) is 5.32 Å². The summed E-state index contributed by atoms with van der Waals surface area (Å²) in [6.45, 7) is 4.10. The highest BCUT2D eigenvalue weighted by molar-refractivity contribution is 5.88. The van der Waals surface area contributed by atoms with Crippen molar-refractivity contribution in [2.45, 2.75) is 26.4 Å². The average molecular weight is 286 g/mol. The molecule has 0 radical (unpaired) electrons. The normalized spacial score (nSPS) is 12.0. The fourth-order valence-electron chi connectivity index (χ4n) is 2.12. The van der Waals surface area contributed by atoms with Crippen molar-refractivity contribution in [3.8, 4) is 0 Å². The first-order chi connectivity index (χ1) is 10.0. The van der Waals surface area contributed by atoms with Crippen LogP contribution < -0.4 is 10.6 Å². The molecule has 0 aliphatic rings. The second-order valence-corrected chi connectivity index (χ2v) is 5.04. The molecule has 0 saturated heterocycles. The molecule has 3 nitrogen and oxygen atoms in total. The van der Waals surface area contributed by atoms with E-state index in [9.17, 15) is 9.18 Å². The number of halogens is 1. The standard InChI is InChI=1S/C17H19FN2O/c1-12(19-11-14-5-3-7-16(18)9-14)15-6-4-8-17(10-15)20-13(2)21/h3-10,12,19H,11H2,1-2H3,(H,20,21)/t12-/m1/s1. The molecule has 0 aromatic heterocycles. The molecule has 2 rings (SSSR count). The van der Waals surface area contributed by atoms with Gasteiger partial charge in [-0.15, -0.1) is 0 Å². The van der Waals surface area contributed by atoms with Gasteiger partial charge in [-0.2, -0.15) is 0 Å². The van der Waals surface area contributed by atoms with E-state index in [1.54, 1.807) is 6.07 Å². The van der Waals surface area contributed by atoms with E-state index in [1.807, 2.05) is 37.3 Å². The Balaban J connectivity index is 1.99. The van der Waals surface area contributed by atoms with Gasteiger partial charge >= 0.3 is 0 Å². The maximum atomic E-state index is 13.1. The summed E-state index contributed by atoms with van der Waals surface area (Å²) in [5.74, 6) is -0.317. The average Bonchev–Trinajstić information content (AvgIpc) is 2.44. The smallest absolute Gasteiger partial charge is 0.221 e. The molecule has 0 spiro atoms. The molecule has 2 N–H and O–H groups in total. The molecule has 0 bridgehead atoms. The third-order valence-corrected chi connectivity index (χ3v) is 3.21. The molecule has 0 unspecified atom stereocenters. The van der Waals surface area contributed by atoms with Crippen LogP contribution in [0.4, 0.5) is 10.1 Å². The Morgan fingerprint density at radius 1 is 1.19 bits per heavy atom. The molecule has 0 heterocycles. The Labute approximate surface area is 124 Å². The van der Waals surface area contributed by atoms with Crippen LogP contribution in [0.1, 0.15) is 31.0 Å². The van der Waals surface area contributed by atoms with E-state index < -0.39 is 0 Å². The molecule has 2 aromatic rings. The fraction of sp³-hybridized carbons (Fsp3) is 0.235. The Kier molecular flexibility index (Phi) is 5.06. The maximum absolute atomic E-state index is 13.1. The number of hydrogen-bond acceptors (Lipinski definition) is 2. The van der Waals surface area contributed by atoms with Crippen molar-refractivity contribution in [1.29, 1.82) is 0 Å². The summed E-state index contributed by atoms with van der Waals surface area (Å²) in [5, 5.41) is 6.11. The number of benzene rings is 2. The van der Waals surface area contributed by atoms with Crippen LogP contribution >= 0.6 is 0 Å². The third kappa shape index (κ3) is 4.68. The molecule has 0 fully saturated rings. The number of carbonyl (C=O) groups excluding carboxylic acids is 1. The summed E-state index contributed by atoms with van der Waals surface area (Å²) < 4.78 is 13.1. The van der Waals surface area contributed by atoms with Crippen molar-refractivity contribution >= 4 is 11.6 Å². The SMILES string of the molecule is CC(=O)Nc1cccc([C@@H](C)NCc2cccc(F)c2)c1. The molecular formula is C17H19FN2O. The summed E-state index contributed by atoms with van der Waals surface area (Å²) in [5.41, 5.74) is 2.75. The van der Waals surface area contributed by atoms with E-state index in [-0.39, 0.29) is 17.8 Å². The van der Waals surface area contributed by atoms with Crippen molar-refractivity contribution in [3.63, 3.8) is 0 Å². The molecular weight excluding hydrogens is 267 g/mol. The van der Waals surface area contributed by atoms with E-state index in [1.165, 1.54) is 19.1 Å². The molecule has 1 amide bonds. The molecule has 2 aromatic carbocycles. The van der Waals surface area contributed by atoms with Crippen LogP contribution in [0.25, 0.3) is 0 Å². The lowest BCUT2D eigenvalue weighted by Crippen LogP contribution is -2.18. The third-order valence-electron chi connectivity index (χ3n) is 3.21. The second-order valence-electron chi connectivity index (χ2n) is 5.04. The molecule has 1 atom stereocenters. The number of rotatable bonds is 5. The van der Waals surface area contributed by atoms with Gasteiger partial charge in [-0.1, -0.05) is 24.3 Å². The number of nitrogens with one attached hydrogen (secondary N) is 2. The highest BCUT2D eigenvalue weighted by Crippen LogP contribution is 2.18. The largest absolute Gasteiger partial charge is 0.326 e. The summed E-state index contributed by atoms with van der Waals surface area (Å²) >= 11 is 0. The van der Waals surface area contributed by atoms with Crippen molar-refractivity contribution in [2.75, 3.05) is 5.32 Å². The zero-order valence-corrected chi connectivity index (χ0v) is 12.2. The van der Waals surface area contributed by atoms with Crippen LogP contribution in [0.5, 0.6) is 0 Å². The predicted octanol–water partition coefficient (Wildman–Crippen LogP) is 3.63. The van der Waals surface area contributed by atoms with Gasteiger partial charge < -0.3 is 10.6 Å². The van der Waals surface area contributed by atoms with Gasteiger partial charge in [-0.25, -0.2) is 4.39 Å². The Morgan fingerprint density at radius 3 is 2.67 bits per heavy atom. The first kappa shape index (κ1) is 15.2. The van der Waals surface area contributed by atoms with Gasteiger partial charge in [0.15, 0.2) is 0 Å². The highest BCUT2D eigenvalue weighted by Gasteiger charge is 2.06. The minimum Gasteiger partial charge on any atom is -0.326 e. The molecule has 110 valence electrons. The number of carbonyl (C=O) groups is 1. The van der Waals surface area contributed by atoms with Crippen molar-refractivity contribution in [3.05, 3.63) is 65.5 Å². The van der Waals surface area contributed by atoms with E-state index in [0.29, 0.717) is 6.54 Å². The second kappa shape index (κ2) is 6.99. The van der Waals surface area contributed by atoms with E-state index in [2.05, 4.69) is 10.6 Å². The monoisotopic (exact) mass is 286 g/mol. The summed E-state index contributed by atoms with van der Waals surface area (Å²) in [7, 11) is 0. The minimum absolute atomic E-state index is 0.0903. The molecule has 0 saturated carbocycles. The Morgan fingerprint density at radius 2 is 1.95 bits per heavy atom. The topological polar surface area (TPSA) is 41.1 Å². The Hall–Kier alpha value is -2.20. The highest BCUT2D eigenvalue weighted by atomic mass is 19.1. The Bertz CT molecular complexity index is 628. The lowest BCUT2D eigenvalue weighted by molar-refractivity contribution is -0.114. The van der Waals surface area contributed by atoms with E-state index in [4.69, 9.17) is 0 Å². The predicted molar refractivity (Wildman–Crippen MR) is 82.4 cm³/mol. The van der Waals surface area contributed by atoms with Crippen LogP contribution in [0.3, 0.4) is 0 Å². The lowest BCUT2D eigenvalue weighted by Gasteiger charge is -2.15. The van der Waals surface area contributed by atoms with Gasteiger partial charge in [0.05, 0.1) is 0 Å². The number of anilines is 1. The number of amides is 1. The van der Waals surface area contributed by atoms with Gasteiger partial charge in [0.25, 0.3) is 0 Å². The van der Waals surface area contributed by atoms with Crippen LogP contribution in [0.2, 0.25) is 0 Å². The maximum Gasteiger partial charge on any atom is 0.221 e. The van der Waals surface area contributed by atoms with E-state index >= 15 is 0 Å². The van der Waals surface area contributed by atoms with Gasteiger partial charge in [0, 0.05) is 25.2 Å². The quantitative estimate of drug-likeness (QED) is 0.881. The van der Waals surface area contributed by atoms with Gasteiger partial charge in [0.1, 0.15) is 5.82 Å². The first-order valence-electron chi connectivity index (χ1n) is 6.90. The van der Waals surface area contributed by atoms with E-state index in [0.717, 1.165) is 16.8 Å². The van der Waals surface area contributed by atoms with Crippen LogP contribution in [0, 0.1) is 5.82 Å². The van der Waals surface area contributed by atoms with Crippen LogP contribution in [-0.2, 0) is 11.3 Å². The molecule has 21 heavy (non-hydrogen) atoms. The summed E-state index contributed by atoms with van der Waals surface area (Å²) in [6, 6.07) is 14.3. The lowest BCUT2D eigenvalue weighted by atomic mass is 10.1. The molecule has 4 heteroatoms. The van der Waals surface area contributed by atoms with Crippen molar-refractivity contribution < 1.29 is 9.18 Å². The van der Waals surface area contributed by atoms with Crippen LogP contribution in [0.15, 0.2) is 48.5 Å². The minimum atomic E-state index is -0.227. The number of hydrogen-bond donors (Lipinski definition) is 2. The zero-order valence-electron chi connectivity index (χ0n) is 12.2. The van der Waals surface area contributed by atoms with Crippen LogP contribution in [-0.4, -0.2) is 5.91 Å².